The number of carboxylic acid groups (broad SMARTS) is 1. The lowest BCUT2D eigenvalue weighted by molar-refractivity contribution is -0.192. The molecular formula is C10H13F3N2O4. The lowest BCUT2D eigenvalue weighted by Gasteiger charge is -2.12. The standard InChI is InChI=1S/C8H12N2O2.C2HF3O2/c1-5-6(2)8(12)10(4-3-9)7(5)11;3-2(4,5)1(6)7/h3-4,9H2,1-2H3;(H,6,7). The van der Waals surface area contributed by atoms with Gasteiger partial charge in [-0.2, -0.15) is 13.2 Å². The van der Waals surface area contributed by atoms with Crippen molar-refractivity contribution in [2.75, 3.05) is 13.1 Å². The normalized spacial score (nSPS) is 15.6. The van der Waals surface area contributed by atoms with E-state index in [-0.39, 0.29) is 11.8 Å². The maximum atomic E-state index is 11.3. The fourth-order valence-corrected chi connectivity index (χ4v) is 1.15. The number of carbonyl (C=O) groups is 3. The molecule has 19 heavy (non-hydrogen) atoms. The zero-order chi connectivity index (χ0) is 15.4. The Bertz CT molecular complexity index is 405. The van der Waals surface area contributed by atoms with Gasteiger partial charge in [0.15, 0.2) is 0 Å². The first-order chi connectivity index (χ1) is 8.53. The Balaban J connectivity index is 0.000000399. The number of carboxylic acids is 1. The predicted molar refractivity (Wildman–Crippen MR) is 57.8 cm³/mol. The van der Waals surface area contributed by atoms with Crippen LogP contribution in [0.25, 0.3) is 0 Å². The molecule has 0 aromatic heterocycles. The molecule has 1 aliphatic heterocycles. The topological polar surface area (TPSA) is 101 Å². The number of carbonyl (C=O) groups excluding carboxylic acids is 2. The summed E-state index contributed by atoms with van der Waals surface area (Å²) in [6, 6.07) is 0. The monoisotopic (exact) mass is 282 g/mol. The molecule has 6 nitrogen and oxygen atoms in total. The van der Waals surface area contributed by atoms with Gasteiger partial charge in [0.25, 0.3) is 11.8 Å². The van der Waals surface area contributed by atoms with Gasteiger partial charge < -0.3 is 10.8 Å². The Morgan fingerprint density at radius 3 is 1.74 bits per heavy atom. The fraction of sp³-hybridized carbons (Fsp3) is 0.500. The number of alkyl halides is 3. The predicted octanol–water partition coefficient (Wildman–Crippen LogP) is 0.284. The molecule has 0 aromatic rings. The van der Waals surface area contributed by atoms with Crippen molar-refractivity contribution in [2.24, 2.45) is 5.73 Å². The van der Waals surface area contributed by atoms with Gasteiger partial charge in [-0.15, -0.1) is 0 Å². The molecule has 1 heterocycles. The number of amides is 2. The van der Waals surface area contributed by atoms with Crippen molar-refractivity contribution in [1.29, 1.82) is 0 Å². The van der Waals surface area contributed by atoms with Gasteiger partial charge in [0.1, 0.15) is 0 Å². The molecule has 0 atom stereocenters. The second kappa shape index (κ2) is 6.32. The van der Waals surface area contributed by atoms with E-state index in [2.05, 4.69) is 0 Å². The summed E-state index contributed by atoms with van der Waals surface area (Å²) in [7, 11) is 0. The van der Waals surface area contributed by atoms with Crippen molar-refractivity contribution >= 4 is 17.8 Å². The van der Waals surface area contributed by atoms with Crippen molar-refractivity contribution in [3.05, 3.63) is 11.1 Å². The van der Waals surface area contributed by atoms with E-state index >= 15 is 0 Å². The minimum absolute atomic E-state index is 0.206. The highest BCUT2D eigenvalue weighted by molar-refractivity contribution is 6.18. The van der Waals surface area contributed by atoms with Gasteiger partial charge in [-0.05, 0) is 13.8 Å². The van der Waals surface area contributed by atoms with E-state index in [1.54, 1.807) is 13.8 Å². The first-order valence-corrected chi connectivity index (χ1v) is 5.07. The van der Waals surface area contributed by atoms with Gasteiger partial charge >= 0.3 is 12.1 Å². The second-order valence-corrected chi connectivity index (χ2v) is 3.60. The van der Waals surface area contributed by atoms with Gasteiger partial charge in [-0.1, -0.05) is 0 Å². The minimum Gasteiger partial charge on any atom is -0.475 e. The maximum absolute atomic E-state index is 11.3. The highest BCUT2D eigenvalue weighted by Gasteiger charge is 2.38. The summed E-state index contributed by atoms with van der Waals surface area (Å²) in [5.41, 5.74) is 6.33. The van der Waals surface area contributed by atoms with Crippen LogP contribution in [0, 0.1) is 0 Å². The number of nitrogens with zero attached hydrogens (tertiary/aromatic N) is 1. The van der Waals surface area contributed by atoms with Crippen LogP contribution in [0.15, 0.2) is 11.1 Å². The molecular weight excluding hydrogens is 269 g/mol. The molecule has 0 aliphatic carbocycles. The molecule has 1 rings (SSSR count). The molecule has 0 saturated heterocycles. The molecule has 0 unspecified atom stereocenters. The van der Waals surface area contributed by atoms with E-state index in [9.17, 15) is 22.8 Å². The van der Waals surface area contributed by atoms with Crippen molar-refractivity contribution in [2.45, 2.75) is 20.0 Å². The smallest absolute Gasteiger partial charge is 0.475 e. The summed E-state index contributed by atoms with van der Waals surface area (Å²) in [5.74, 6) is -3.17. The Morgan fingerprint density at radius 1 is 1.21 bits per heavy atom. The number of halogens is 3. The van der Waals surface area contributed by atoms with E-state index in [1.165, 1.54) is 4.90 Å². The summed E-state index contributed by atoms with van der Waals surface area (Å²) >= 11 is 0. The Labute approximate surface area is 106 Å². The Hall–Kier alpha value is -1.90. The maximum Gasteiger partial charge on any atom is 0.490 e. The summed E-state index contributed by atoms with van der Waals surface area (Å²) in [6.45, 7) is 3.95. The number of hydrogen-bond donors (Lipinski definition) is 2. The van der Waals surface area contributed by atoms with Gasteiger partial charge in [0, 0.05) is 24.2 Å². The third-order valence-electron chi connectivity index (χ3n) is 2.29. The molecule has 0 radical (unpaired) electrons. The van der Waals surface area contributed by atoms with Crippen LogP contribution in [0.3, 0.4) is 0 Å². The molecule has 3 N–H and O–H groups in total. The van der Waals surface area contributed by atoms with Crippen LogP contribution >= 0.6 is 0 Å². The Kier molecular flexibility index (Phi) is 5.69. The van der Waals surface area contributed by atoms with E-state index in [4.69, 9.17) is 15.6 Å². The third-order valence-corrected chi connectivity index (χ3v) is 2.29. The Morgan fingerprint density at radius 2 is 1.53 bits per heavy atom. The van der Waals surface area contributed by atoms with Crippen LogP contribution in [-0.2, 0) is 14.4 Å². The van der Waals surface area contributed by atoms with Gasteiger partial charge in [-0.3, -0.25) is 14.5 Å². The van der Waals surface area contributed by atoms with Crippen molar-refractivity contribution in [3.63, 3.8) is 0 Å². The van der Waals surface area contributed by atoms with Crippen molar-refractivity contribution in [1.82, 2.24) is 4.90 Å². The largest absolute Gasteiger partial charge is 0.490 e. The van der Waals surface area contributed by atoms with Crippen LogP contribution in [0.4, 0.5) is 13.2 Å². The number of rotatable bonds is 2. The SMILES string of the molecule is CC1=C(C)C(=O)N(CCN)C1=O.O=C(O)C(F)(F)F. The summed E-state index contributed by atoms with van der Waals surface area (Å²) in [5, 5.41) is 7.12. The van der Waals surface area contributed by atoms with E-state index < -0.39 is 12.1 Å². The highest BCUT2D eigenvalue weighted by atomic mass is 19.4. The quantitative estimate of drug-likeness (QED) is 0.709. The van der Waals surface area contributed by atoms with Gasteiger partial charge in [0.05, 0.1) is 0 Å². The molecule has 108 valence electrons. The minimum atomic E-state index is -5.08. The molecule has 9 heteroatoms. The van der Waals surface area contributed by atoms with Crippen LogP contribution in [-0.4, -0.2) is 47.1 Å². The fourth-order valence-electron chi connectivity index (χ4n) is 1.15. The lowest BCUT2D eigenvalue weighted by Crippen LogP contribution is -2.35. The summed E-state index contributed by atoms with van der Waals surface area (Å²) in [4.78, 5) is 32.7. The molecule has 0 bridgehead atoms. The van der Waals surface area contributed by atoms with Crippen molar-refractivity contribution in [3.8, 4) is 0 Å². The van der Waals surface area contributed by atoms with Crippen LogP contribution < -0.4 is 5.73 Å². The van der Waals surface area contributed by atoms with Gasteiger partial charge in [-0.25, -0.2) is 4.79 Å². The van der Waals surface area contributed by atoms with E-state index in [1.807, 2.05) is 0 Å². The van der Waals surface area contributed by atoms with Crippen LogP contribution in [0.2, 0.25) is 0 Å². The first kappa shape index (κ1) is 17.1. The number of nitrogens with two attached hydrogens (primary N) is 1. The second-order valence-electron chi connectivity index (χ2n) is 3.60. The van der Waals surface area contributed by atoms with Crippen LogP contribution in [0.5, 0.6) is 0 Å². The average molecular weight is 282 g/mol. The van der Waals surface area contributed by atoms with E-state index in [0.29, 0.717) is 24.2 Å². The first-order valence-electron chi connectivity index (χ1n) is 5.07. The van der Waals surface area contributed by atoms with E-state index in [0.717, 1.165) is 0 Å². The number of imide groups is 1. The zero-order valence-electron chi connectivity index (χ0n) is 10.2. The van der Waals surface area contributed by atoms with Crippen molar-refractivity contribution < 1.29 is 32.7 Å². The number of aliphatic carboxylic acids is 1. The lowest BCUT2D eigenvalue weighted by atomic mass is 10.2. The highest BCUT2D eigenvalue weighted by Crippen LogP contribution is 2.18. The molecule has 2 amide bonds. The van der Waals surface area contributed by atoms with Crippen LogP contribution in [0.1, 0.15) is 13.8 Å². The number of hydrogen-bond acceptors (Lipinski definition) is 4. The van der Waals surface area contributed by atoms with Gasteiger partial charge in [0.2, 0.25) is 0 Å². The third kappa shape index (κ3) is 4.36. The molecule has 0 spiro atoms. The average Bonchev–Trinajstić information content (AvgIpc) is 2.47. The zero-order valence-corrected chi connectivity index (χ0v) is 10.2. The summed E-state index contributed by atoms with van der Waals surface area (Å²) < 4.78 is 31.7. The molecule has 0 saturated carbocycles. The summed E-state index contributed by atoms with van der Waals surface area (Å²) in [6.07, 6.45) is -5.08. The molecule has 0 fully saturated rings. The molecule has 0 aromatic carbocycles. The molecule has 1 aliphatic rings.